The van der Waals surface area contributed by atoms with Crippen LogP contribution < -0.4 is 5.32 Å². The minimum atomic E-state index is -1.16. The number of methoxy groups -OCH3 is 1. The summed E-state index contributed by atoms with van der Waals surface area (Å²) in [4.78, 5) is 23.8. The van der Waals surface area contributed by atoms with Crippen molar-refractivity contribution in [3.63, 3.8) is 0 Å². The SMILES string of the molecule is COC(=O)Cc1cccc(C(O)C(O)CCNC(=O)OCC2c3ccccc3-c3ccccc32)c1. The first kappa shape index (κ1) is 24.4. The fraction of sp³-hybridized carbons (Fsp3) is 0.286. The van der Waals surface area contributed by atoms with Gasteiger partial charge >= 0.3 is 12.1 Å². The minimum Gasteiger partial charge on any atom is -0.469 e. The van der Waals surface area contributed by atoms with Crippen LogP contribution in [0.2, 0.25) is 0 Å². The van der Waals surface area contributed by atoms with Gasteiger partial charge in [-0.25, -0.2) is 4.79 Å². The largest absolute Gasteiger partial charge is 0.469 e. The van der Waals surface area contributed by atoms with Crippen molar-refractivity contribution in [2.75, 3.05) is 20.3 Å². The van der Waals surface area contributed by atoms with Crippen LogP contribution >= 0.6 is 0 Å². The summed E-state index contributed by atoms with van der Waals surface area (Å²) in [5.41, 5.74) is 5.75. The monoisotopic (exact) mass is 475 g/mol. The Morgan fingerprint density at radius 1 is 0.943 bits per heavy atom. The zero-order valence-corrected chi connectivity index (χ0v) is 19.5. The predicted molar refractivity (Wildman–Crippen MR) is 131 cm³/mol. The number of rotatable bonds is 9. The lowest BCUT2D eigenvalue weighted by atomic mass is 9.98. The lowest BCUT2D eigenvalue weighted by Crippen LogP contribution is -2.30. The van der Waals surface area contributed by atoms with Crippen molar-refractivity contribution >= 4 is 12.1 Å². The van der Waals surface area contributed by atoms with Crippen LogP contribution in [0.5, 0.6) is 0 Å². The molecular formula is C28H29NO6. The number of carbonyl (C=O) groups is 2. The number of benzene rings is 3. The molecule has 35 heavy (non-hydrogen) atoms. The van der Waals surface area contributed by atoms with Crippen LogP contribution in [0.25, 0.3) is 11.1 Å². The van der Waals surface area contributed by atoms with Gasteiger partial charge in [-0.3, -0.25) is 4.79 Å². The van der Waals surface area contributed by atoms with E-state index in [1.165, 1.54) is 7.11 Å². The highest BCUT2D eigenvalue weighted by molar-refractivity contribution is 5.79. The van der Waals surface area contributed by atoms with Gasteiger partial charge in [0.15, 0.2) is 0 Å². The number of alkyl carbamates (subject to hydrolysis) is 1. The van der Waals surface area contributed by atoms with E-state index in [4.69, 9.17) is 4.74 Å². The van der Waals surface area contributed by atoms with Gasteiger partial charge in [0.25, 0.3) is 0 Å². The smallest absolute Gasteiger partial charge is 0.407 e. The van der Waals surface area contributed by atoms with Crippen LogP contribution in [0, 0.1) is 0 Å². The maximum atomic E-state index is 12.3. The first-order valence-corrected chi connectivity index (χ1v) is 11.6. The molecule has 3 aromatic rings. The lowest BCUT2D eigenvalue weighted by molar-refractivity contribution is -0.139. The van der Waals surface area contributed by atoms with Crippen molar-refractivity contribution in [1.29, 1.82) is 0 Å². The zero-order chi connectivity index (χ0) is 24.8. The molecular weight excluding hydrogens is 446 g/mol. The molecule has 0 spiro atoms. The number of fused-ring (bicyclic) bond motifs is 3. The van der Waals surface area contributed by atoms with E-state index in [1.54, 1.807) is 24.3 Å². The maximum Gasteiger partial charge on any atom is 0.407 e. The van der Waals surface area contributed by atoms with E-state index >= 15 is 0 Å². The molecule has 0 heterocycles. The Morgan fingerprint density at radius 3 is 2.26 bits per heavy atom. The molecule has 0 fully saturated rings. The lowest BCUT2D eigenvalue weighted by Gasteiger charge is -2.19. The highest BCUT2D eigenvalue weighted by Gasteiger charge is 2.29. The Labute approximate surface area is 204 Å². The van der Waals surface area contributed by atoms with E-state index in [0.717, 1.165) is 22.3 Å². The molecule has 7 heteroatoms. The van der Waals surface area contributed by atoms with Crippen molar-refractivity contribution in [2.45, 2.75) is 31.0 Å². The van der Waals surface area contributed by atoms with Gasteiger partial charge in [0.05, 0.1) is 19.6 Å². The van der Waals surface area contributed by atoms with Crippen molar-refractivity contribution < 1.29 is 29.3 Å². The van der Waals surface area contributed by atoms with Gasteiger partial charge in [0, 0.05) is 12.5 Å². The van der Waals surface area contributed by atoms with E-state index in [1.807, 2.05) is 24.3 Å². The molecule has 1 amide bonds. The molecule has 3 N–H and O–H groups in total. The van der Waals surface area contributed by atoms with E-state index in [-0.39, 0.29) is 37.9 Å². The first-order valence-electron chi connectivity index (χ1n) is 11.6. The van der Waals surface area contributed by atoms with Gasteiger partial charge in [-0.2, -0.15) is 0 Å². The third kappa shape index (κ3) is 5.70. The molecule has 2 atom stereocenters. The van der Waals surface area contributed by atoms with Crippen LogP contribution in [0.3, 0.4) is 0 Å². The van der Waals surface area contributed by atoms with Crippen molar-refractivity contribution in [3.8, 4) is 11.1 Å². The number of nitrogens with one attached hydrogen (secondary N) is 1. The Kier molecular flexibility index (Phi) is 7.80. The molecule has 0 saturated carbocycles. The molecule has 0 aromatic heterocycles. The van der Waals surface area contributed by atoms with Gasteiger partial charge in [-0.05, 0) is 39.8 Å². The van der Waals surface area contributed by atoms with Crippen molar-refractivity contribution in [2.24, 2.45) is 0 Å². The van der Waals surface area contributed by atoms with Gasteiger partial charge < -0.3 is 25.0 Å². The molecule has 0 aliphatic heterocycles. The fourth-order valence-electron chi connectivity index (χ4n) is 4.48. The number of ether oxygens (including phenoxy) is 2. The summed E-state index contributed by atoms with van der Waals surface area (Å²) in [6, 6.07) is 23.0. The number of carbonyl (C=O) groups excluding carboxylic acids is 2. The molecule has 1 aliphatic carbocycles. The molecule has 0 bridgehead atoms. The molecule has 0 saturated heterocycles. The quantitative estimate of drug-likeness (QED) is 0.408. The molecule has 1 aliphatic rings. The van der Waals surface area contributed by atoms with Crippen molar-refractivity contribution in [1.82, 2.24) is 5.32 Å². The number of esters is 1. The summed E-state index contributed by atoms with van der Waals surface area (Å²) in [5.74, 6) is -0.415. The standard InChI is InChI=1S/C28H29NO6/c1-34-26(31)16-18-7-6-8-19(15-18)27(32)25(30)13-14-29-28(33)35-17-24-22-11-4-2-9-20(22)21-10-3-5-12-23(21)24/h2-12,15,24-25,27,30,32H,13-14,16-17H2,1H3,(H,29,33). The number of hydrogen-bond donors (Lipinski definition) is 3. The van der Waals surface area contributed by atoms with Gasteiger partial charge in [0.1, 0.15) is 12.7 Å². The van der Waals surface area contributed by atoms with E-state index < -0.39 is 18.3 Å². The van der Waals surface area contributed by atoms with Crippen LogP contribution in [-0.4, -0.2) is 48.6 Å². The summed E-state index contributed by atoms with van der Waals surface area (Å²) in [6.07, 6.45) is -2.62. The second-order valence-electron chi connectivity index (χ2n) is 8.55. The Bertz CT molecular complexity index is 1150. The number of aliphatic hydroxyl groups is 2. The fourth-order valence-corrected chi connectivity index (χ4v) is 4.48. The summed E-state index contributed by atoms with van der Waals surface area (Å²) in [7, 11) is 1.31. The van der Waals surface area contributed by atoms with Gasteiger partial charge in [0.2, 0.25) is 0 Å². The maximum absolute atomic E-state index is 12.3. The minimum absolute atomic E-state index is 0.0298. The second-order valence-corrected chi connectivity index (χ2v) is 8.55. The van der Waals surface area contributed by atoms with E-state index in [0.29, 0.717) is 11.1 Å². The zero-order valence-electron chi connectivity index (χ0n) is 19.5. The third-order valence-corrected chi connectivity index (χ3v) is 6.29. The summed E-state index contributed by atoms with van der Waals surface area (Å²) < 4.78 is 10.2. The predicted octanol–water partition coefficient (Wildman–Crippen LogP) is 3.73. The number of hydrogen-bond acceptors (Lipinski definition) is 6. The normalized spacial score (nSPS) is 13.9. The van der Waals surface area contributed by atoms with Gasteiger partial charge in [-0.1, -0.05) is 72.8 Å². The number of amides is 1. The molecule has 4 rings (SSSR count). The second kappa shape index (κ2) is 11.2. The van der Waals surface area contributed by atoms with Crippen LogP contribution in [0.15, 0.2) is 72.8 Å². The summed E-state index contributed by atoms with van der Waals surface area (Å²) in [6.45, 7) is 0.342. The highest BCUT2D eigenvalue weighted by Crippen LogP contribution is 2.44. The van der Waals surface area contributed by atoms with Crippen LogP contribution in [0.1, 0.15) is 40.7 Å². The van der Waals surface area contributed by atoms with E-state index in [2.05, 4.69) is 34.3 Å². The molecule has 2 unspecified atom stereocenters. The van der Waals surface area contributed by atoms with Crippen LogP contribution in [-0.2, 0) is 20.7 Å². The van der Waals surface area contributed by atoms with Crippen molar-refractivity contribution in [3.05, 3.63) is 95.1 Å². The first-order chi connectivity index (χ1) is 17.0. The Balaban J connectivity index is 1.26. The summed E-state index contributed by atoms with van der Waals surface area (Å²) in [5, 5.41) is 23.5. The highest BCUT2D eigenvalue weighted by atomic mass is 16.5. The summed E-state index contributed by atoms with van der Waals surface area (Å²) >= 11 is 0. The average Bonchev–Trinajstić information content (AvgIpc) is 3.20. The molecule has 0 radical (unpaired) electrons. The molecule has 182 valence electrons. The Hall–Kier alpha value is -3.68. The topological polar surface area (TPSA) is 105 Å². The number of aliphatic hydroxyl groups excluding tert-OH is 2. The van der Waals surface area contributed by atoms with E-state index in [9.17, 15) is 19.8 Å². The average molecular weight is 476 g/mol. The van der Waals surface area contributed by atoms with Gasteiger partial charge in [-0.15, -0.1) is 0 Å². The molecule has 7 nitrogen and oxygen atoms in total. The molecule has 3 aromatic carbocycles. The Morgan fingerprint density at radius 2 is 1.60 bits per heavy atom. The third-order valence-electron chi connectivity index (χ3n) is 6.29. The van der Waals surface area contributed by atoms with Crippen LogP contribution in [0.4, 0.5) is 4.79 Å².